The zero-order valence-corrected chi connectivity index (χ0v) is 7.69. The van der Waals surface area contributed by atoms with E-state index in [1.54, 1.807) is 12.1 Å². The molecule has 1 N–H and O–H groups in total. The third kappa shape index (κ3) is 2.22. The summed E-state index contributed by atoms with van der Waals surface area (Å²) in [6.45, 7) is 0. The lowest BCUT2D eigenvalue weighted by Gasteiger charge is -2.11. The molecule has 0 spiro atoms. The van der Waals surface area contributed by atoms with E-state index in [1.165, 1.54) is 12.3 Å². The zero-order valence-electron chi connectivity index (χ0n) is 6.88. The summed E-state index contributed by atoms with van der Waals surface area (Å²) in [7, 11) is -3.55. The molecule has 1 aromatic heterocycles. The lowest BCUT2D eigenvalue weighted by molar-refractivity contribution is 0.595. The highest BCUT2D eigenvalue weighted by Crippen LogP contribution is 2.12. The standard InChI is InChI=1S/C6H8N4O2S/c1-13(11,12)10(9-7)6-4-2-3-5-8-6/h2-5,7H,1H3. The van der Waals surface area contributed by atoms with Gasteiger partial charge in [0.05, 0.1) is 6.26 Å². The molecule has 0 bridgehead atoms. The van der Waals surface area contributed by atoms with E-state index in [1.807, 2.05) is 0 Å². The fourth-order valence-corrected chi connectivity index (χ4v) is 1.36. The van der Waals surface area contributed by atoms with E-state index in [2.05, 4.69) is 10.2 Å². The topological polar surface area (TPSA) is 86.5 Å². The Morgan fingerprint density at radius 1 is 1.54 bits per heavy atom. The fraction of sp³-hybridized carbons (Fsp3) is 0.167. The number of nitrogens with zero attached hydrogens (tertiary/aromatic N) is 3. The van der Waals surface area contributed by atoms with Gasteiger partial charge in [-0.05, 0) is 12.1 Å². The molecule has 70 valence electrons. The smallest absolute Gasteiger partial charge is 0.236 e. The first kappa shape index (κ1) is 9.59. The van der Waals surface area contributed by atoms with Crippen LogP contribution in [-0.4, -0.2) is 19.7 Å². The van der Waals surface area contributed by atoms with Crippen LogP contribution in [0.2, 0.25) is 0 Å². The number of nitrogens with one attached hydrogen (secondary N) is 1. The maximum absolute atomic E-state index is 11.0. The lowest BCUT2D eigenvalue weighted by atomic mass is 10.5. The van der Waals surface area contributed by atoms with Crippen LogP contribution < -0.4 is 4.41 Å². The van der Waals surface area contributed by atoms with Gasteiger partial charge in [0.1, 0.15) is 0 Å². The molecule has 0 aromatic carbocycles. The predicted molar refractivity (Wildman–Crippen MR) is 46.7 cm³/mol. The van der Waals surface area contributed by atoms with Crippen LogP contribution in [0.1, 0.15) is 0 Å². The third-order valence-corrected chi connectivity index (χ3v) is 2.15. The van der Waals surface area contributed by atoms with E-state index in [9.17, 15) is 8.42 Å². The van der Waals surface area contributed by atoms with Gasteiger partial charge in [0, 0.05) is 6.20 Å². The van der Waals surface area contributed by atoms with Gasteiger partial charge in [0.25, 0.3) is 10.0 Å². The number of hydrogen-bond donors (Lipinski definition) is 1. The molecule has 7 heteroatoms. The number of aromatic nitrogens is 1. The van der Waals surface area contributed by atoms with Crippen molar-refractivity contribution in [2.24, 2.45) is 5.22 Å². The number of sulfonamides is 1. The molecule has 0 atom stereocenters. The number of hydrogen-bond acceptors (Lipinski definition) is 5. The third-order valence-electron chi connectivity index (χ3n) is 1.25. The van der Waals surface area contributed by atoms with E-state index in [-0.39, 0.29) is 5.82 Å². The maximum atomic E-state index is 11.0. The summed E-state index contributed by atoms with van der Waals surface area (Å²) in [4.78, 5) is 3.75. The Morgan fingerprint density at radius 3 is 2.62 bits per heavy atom. The number of anilines is 1. The minimum Gasteiger partial charge on any atom is -0.236 e. The van der Waals surface area contributed by atoms with E-state index in [0.29, 0.717) is 4.41 Å². The SMILES string of the molecule is CS(=O)(=O)N(N=N)c1ccccn1. The molecule has 1 rings (SSSR count). The summed E-state index contributed by atoms with van der Waals surface area (Å²) < 4.78 is 22.6. The van der Waals surface area contributed by atoms with Gasteiger partial charge in [-0.25, -0.2) is 13.4 Å². The minimum absolute atomic E-state index is 0.111. The van der Waals surface area contributed by atoms with Crippen molar-refractivity contribution in [3.8, 4) is 0 Å². The van der Waals surface area contributed by atoms with Crippen LogP contribution >= 0.6 is 0 Å². The van der Waals surface area contributed by atoms with Crippen molar-refractivity contribution in [1.82, 2.24) is 4.98 Å². The molecule has 6 nitrogen and oxygen atoms in total. The van der Waals surface area contributed by atoms with Gasteiger partial charge in [0.2, 0.25) is 0 Å². The maximum Gasteiger partial charge on any atom is 0.254 e. The molecule has 1 heterocycles. The summed E-state index contributed by atoms with van der Waals surface area (Å²) in [6, 6.07) is 4.72. The molecule has 13 heavy (non-hydrogen) atoms. The van der Waals surface area contributed by atoms with Gasteiger partial charge < -0.3 is 0 Å². The van der Waals surface area contributed by atoms with Gasteiger partial charge in [0.15, 0.2) is 5.82 Å². The van der Waals surface area contributed by atoms with Gasteiger partial charge in [-0.2, -0.15) is 5.53 Å². The Hall–Kier alpha value is -1.50. The molecule has 0 aliphatic carbocycles. The van der Waals surface area contributed by atoms with Crippen LogP contribution in [0.4, 0.5) is 5.82 Å². The van der Waals surface area contributed by atoms with E-state index < -0.39 is 10.0 Å². The Bertz CT molecular complexity index is 388. The highest BCUT2D eigenvalue weighted by atomic mass is 32.2. The Balaban J connectivity index is 3.13. The minimum atomic E-state index is -3.55. The van der Waals surface area contributed by atoms with Crippen LogP contribution in [-0.2, 0) is 10.0 Å². The summed E-state index contributed by atoms with van der Waals surface area (Å²) >= 11 is 0. The largest absolute Gasteiger partial charge is 0.254 e. The molecule has 0 radical (unpaired) electrons. The molecule has 0 fully saturated rings. The second-order valence-electron chi connectivity index (χ2n) is 2.29. The molecule has 0 saturated carbocycles. The van der Waals surface area contributed by atoms with Crippen molar-refractivity contribution in [1.29, 1.82) is 5.53 Å². The van der Waals surface area contributed by atoms with Crippen LogP contribution in [0, 0.1) is 5.53 Å². The second kappa shape index (κ2) is 3.48. The molecular formula is C6H8N4O2S. The van der Waals surface area contributed by atoms with Crippen molar-refractivity contribution in [3.05, 3.63) is 24.4 Å². The first-order valence-corrected chi connectivity index (χ1v) is 5.19. The van der Waals surface area contributed by atoms with Crippen LogP contribution in [0.15, 0.2) is 29.6 Å². The van der Waals surface area contributed by atoms with E-state index in [4.69, 9.17) is 5.53 Å². The van der Waals surface area contributed by atoms with E-state index >= 15 is 0 Å². The molecular weight excluding hydrogens is 192 g/mol. The monoisotopic (exact) mass is 200 g/mol. The van der Waals surface area contributed by atoms with Gasteiger partial charge in [-0.3, -0.25) is 0 Å². The Kier molecular flexibility index (Phi) is 2.57. The molecule has 0 aliphatic heterocycles. The summed E-state index contributed by atoms with van der Waals surface area (Å²) in [5, 5.41) is 2.86. The first-order valence-electron chi connectivity index (χ1n) is 3.34. The van der Waals surface area contributed by atoms with Crippen molar-refractivity contribution in [2.45, 2.75) is 0 Å². The zero-order chi connectivity index (χ0) is 9.90. The summed E-state index contributed by atoms with van der Waals surface area (Å²) in [5.74, 6) is 0.111. The normalized spacial score (nSPS) is 10.8. The average molecular weight is 200 g/mol. The molecule has 1 aromatic rings. The summed E-state index contributed by atoms with van der Waals surface area (Å²) in [6.07, 6.45) is 2.39. The summed E-state index contributed by atoms with van der Waals surface area (Å²) in [5.41, 5.74) is 6.68. The van der Waals surface area contributed by atoms with Gasteiger partial charge in [-0.1, -0.05) is 11.3 Å². The average Bonchev–Trinajstić information content (AvgIpc) is 2.05. The van der Waals surface area contributed by atoms with Gasteiger partial charge in [-0.15, -0.1) is 4.41 Å². The van der Waals surface area contributed by atoms with Crippen molar-refractivity contribution in [3.63, 3.8) is 0 Å². The Labute approximate surface area is 75.7 Å². The molecule has 0 saturated heterocycles. The number of pyridine rings is 1. The van der Waals surface area contributed by atoms with Crippen LogP contribution in [0.5, 0.6) is 0 Å². The highest BCUT2D eigenvalue weighted by molar-refractivity contribution is 7.92. The Morgan fingerprint density at radius 2 is 2.23 bits per heavy atom. The fourth-order valence-electron chi connectivity index (χ4n) is 0.762. The predicted octanol–water partition coefficient (Wildman–Crippen LogP) is 0.794. The van der Waals surface area contributed by atoms with Crippen LogP contribution in [0.3, 0.4) is 0 Å². The lowest BCUT2D eigenvalue weighted by Crippen LogP contribution is -2.24. The number of rotatable bonds is 3. The first-order chi connectivity index (χ1) is 6.05. The van der Waals surface area contributed by atoms with Crippen LogP contribution in [0.25, 0.3) is 0 Å². The molecule has 0 unspecified atom stereocenters. The molecule has 0 aliphatic rings. The van der Waals surface area contributed by atoms with E-state index in [0.717, 1.165) is 6.26 Å². The second-order valence-corrected chi connectivity index (χ2v) is 4.11. The van der Waals surface area contributed by atoms with Crippen molar-refractivity contribution >= 4 is 15.8 Å². The van der Waals surface area contributed by atoms with Gasteiger partial charge >= 0.3 is 0 Å². The molecule has 0 amide bonds. The van der Waals surface area contributed by atoms with Crippen molar-refractivity contribution < 1.29 is 8.42 Å². The quantitative estimate of drug-likeness (QED) is 0.578. The highest BCUT2D eigenvalue weighted by Gasteiger charge is 2.16. The van der Waals surface area contributed by atoms with Crippen molar-refractivity contribution in [2.75, 3.05) is 10.7 Å².